The number of nitrogens with one attached hydrogen (secondary N) is 2. The van der Waals surface area contributed by atoms with Crippen LogP contribution in [0.25, 0.3) is 5.69 Å². The number of urea groups is 1. The van der Waals surface area contributed by atoms with E-state index in [2.05, 4.69) is 31.4 Å². The van der Waals surface area contributed by atoms with Crippen molar-refractivity contribution in [2.45, 2.75) is 52.4 Å². The second kappa shape index (κ2) is 13.2. The predicted molar refractivity (Wildman–Crippen MR) is 173 cm³/mol. The van der Waals surface area contributed by atoms with Crippen LogP contribution < -0.4 is 20.1 Å². The Morgan fingerprint density at radius 2 is 1.57 bits per heavy atom. The van der Waals surface area contributed by atoms with Gasteiger partial charge in [0.05, 0.1) is 18.5 Å². The van der Waals surface area contributed by atoms with Gasteiger partial charge in [0.1, 0.15) is 5.82 Å². The highest BCUT2D eigenvalue weighted by atomic mass is 16.6. The van der Waals surface area contributed by atoms with E-state index in [0.29, 0.717) is 36.3 Å². The van der Waals surface area contributed by atoms with E-state index in [1.807, 2.05) is 73.7 Å². The molecule has 9 heteroatoms. The van der Waals surface area contributed by atoms with E-state index in [4.69, 9.17) is 14.6 Å². The SMILES string of the molecule is COc1ccccc1OC(=O)N1CCC(Cc2ccccc2NC(=O)Nc2cc(C(C)(C)C)nn2-c2ccc(C)cc2)CC1. The molecular weight excluding hydrogens is 554 g/mol. The molecule has 3 aromatic carbocycles. The molecule has 5 rings (SSSR count). The van der Waals surface area contributed by atoms with Crippen molar-refractivity contribution in [1.29, 1.82) is 0 Å². The van der Waals surface area contributed by atoms with Crippen molar-refractivity contribution in [1.82, 2.24) is 14.7 Å². The topological polar surface area (TPSA) is 97.7 Å². The average Bonchev–Trinajstić information content (AvgIpc) is 3.43. The zero-order valence-corrected chi connectivity index (χ0v) is 26.1. The lowest BCUT2D eigenvalue weighted by Crippen LogP contribution is -2.40. The summed E-state index contributed by atoms with van der Waals surface area (Å²) in [5, 5.41) is 10.9. The van der Waals surface area contributed by atoms with Crippen molar-refractivity contribution in [3.8, 4) is 17.2 Å². The number of aromatic nitrogens is 2. The minimum absolute atomic E-state index is 0.184. The molecule has 1 fully saturated rings. The Balaban J connectivity index is 1.21. The summed E-state index contributed by atoms with van der Waals surface area (Å²) in [7, 11) is 1.55. The normalized spacial score (nSPS) is 13.8. The van der Waals surface area contributed by atoms with Crippen LogP contribution in [0.15, 0.2) is 78.9 Å². The van der Waals surface area contributed by atoms with Crippen molar-refractivity contribution >= 4 is 23.6 Å². The molecule has 2 N–H and O–H groups in total. The Hall–Kier alpha value is -4.79. The highest BCUT2D eigenvalue weighted by Gasteiger charge is 2.26. The summed E-state index contributed by atoms with van der Waals surface area (Å²) in [6.45, 7) is 9.55. The molecule has 230 valence electrons. The van der Waals surface area contributed by atoms with Gasteiger partial charge in [-0.1, -0.05) is 68.8 Å². The maximum atomic E-state index is 13.3. The van der Waals surface area contributed by atoms with Crippen molar-refractivity contribution in [2.75, 3.05) is 30.8 Å². The Labute approximate surface area is 259 Å². The zero-order valence-electron chi connectivity index (χ0n) is 26.1. The largest absolute Gasteiger partial charge is 0.493 e. The number of hydrogen-bond donors (Lipinski definition) is 2. The van der Waals surface area contributed by atoms with Gasteiger partial charge in [-0.15, -0.1) is 0 Å². The summed E-state index contributed by atoms with van der Waals surface area (Å²) in [5.74, 6) is 1.91. The molecule has 1 aliphatic heterocycles. The molecule has 0 bridgehead atoms. The number of carbonyl (C=O) groups excluding carboxylic acids is 2. The molecule has 1 aromatic heterocycles. The number of piperidine rings is 1. The fraction of sp³-hybridized carbons (Fsp3) is 0.343. The molecule has 0 spiro atoms. The molecular formula is C35H41N5O4. The van der Waals surface area contributed by atoms with Crippen LogP contribution >= 0.6 is 0 Å². The van der Waals surface area contributed by atoms with Crippen molar-refractivity contribution < 1.29 is 19.1 Å². The lowest BCUT2D eigenvalue weighted by Gasteiger charge is -2.31. The molecule has 44 heavy (non-hydrogen) atoms. The number of hydrogen-bond acceptors (Lipinski definition) is 5. The van der Waals surface area contributed by atoms with Crippen molar-refractivity contribution in [3.63, 3.8) is 0 Å². The summed E-state index contributed by atoms with van der Waals surface area (Å²) in [6.07, 6.45) is 2.10. The molecule has 2 heterocycles. The maximum absolute atomic E-state index is 13.3. The quantitative estimate of drug-likeness (QED) is 0.230. The molecule has 0 atom stereocenters. The first-order valence-electron chi connectivity index (χ1n) is 15.0. The lowest BCUT2D eigenvalue weighted by molar-refractivity contribution is 0.129. The standard InChI is InChI=1S/C35H41N5O4/c1-24-14-16-27(17-15-24)40-32(23-31(38-40)35(2,3)4)37-33(41)36-28-11-7-6-10-26(28)22-25-18-20-39(21-19-25)34(42)44-30-13-9-8-12-29(30)43-5/h6-17,23,25H,18-22H2,1-5H3,(H2,36,37,41). The summed E-state index contributed by atoms with van der Waals surface area (Å²) < 4.78 is 12.7. The third kappa shape index (κ3) is 7.40. The monoisotopic (exact) mass is 595 g/mol. The third-order valence-electron chi connectivity index (χ3n) is 7.91. The van der Waals surface area contributed by atoms with E-state index in [1.165, 1.54) is 0 Å². The van der Waals surface area contributed by atoms with Crippen LogP contribution in [0.3, 0.4) is 0 Å². The number of nitrogens with zero attached hydrogens (tertiary/aromatic N) is 3. The van der Waals surface area contributed by atoms with Gasteiger partial charge in [-0.2, -0.15) is 5.10 Å². The summed E-state index contributed by atoms with van der Waals surface area (Å²) in [6, 6.07) is 24.7. The Bertz CT molecular complexity index is 1600. The van der Waals surface area contributed by atoms with Gasteiger partial charge in [0.25, 0.3) is 0 Å². The molecule has 0 radical (unpaired) electrons. The van der Waals surface area contributed by atoms with Gasteiger partial charge in [0.15, 0.2) is 11.5 Å². The fourth-order valence-corrected chi connectivity index (χ4v) is 5.30. The first-order valence-corrected chi connectivity index (χ1v) is 15.0. The van der Waals surface area contributed by atoms with Crippen molar-refractivity contribution in [3.05, 3.63) is 95.7 Å². The van der Waals surface area contributed by atoms with E-state index in [-0.39, 0.29) is 17.5 Å². The summed E-state index contributed by atoms with van der Waals surface area (Å²) >= 11 is 0. The molecule has 1 saturated heterocycles. The Kier molecular flexibility index (Phi) is 9.23. The van der Waals surface area contributed by atoms with Crippen molar-refractivity contribution in [2.24, 2.45) is 5.92 Å². The minimum atomic E-state index is -0.369. The van der Waals surface area contributed by atoms with Crippen LogP contribution in [-0.4, -0.2) is 47.0 Å². The van der Waals surface area contributed by atoms with Gasteiger partial charge in [-0.3, -0.25) is 5.32 Å². The summed E-state index contributed by atoms with van der Waals surface area (Å²) in [4.78, 5) is 27.8. The number of para-hydroxylation sites is 3. The van der Waals surface area contributed by atoms with Gasteiger partial charge in [-0.25, -0.2) is 14.3 Å². The van der Waals surface area contributed by atoms with Crippen LogP contribution in [-0.2, 0) is 11.8 Å². The van der Waals surface area contributed by atoms with Crippen LogP contribution in [0.2, 0.25) is 0 Å². The van der Waals surface area contributed by atoms with Crippen LogP contribution in [0.1, 0.15) is 50.4 Å². The molecule has 0 unspecified atom stereocenters. The second-order valence-electron chi connectivity index (χ2n) is 12.3. The zero-order chi connectivity index (χ0) is 31.3. The number of amides is 3. The molecule has 9 nitrogen and oxygen atoms in total. The van der Waals surface area contributed by atoms with E-state index < -0.39 is 0 Å². The van der Waals surface area contributed by atoms with Crippen LogP contribution in [0.5, 0.6) is 11.5 Å². The Morgan fingerprint density at radius 3 is 2.25 bits per heavy atom. The van der Waals surface area contributed by atoms with Gasteiger partial charge >= 0.3 is 12.1 Å². The average molecular weight is 596 g/mol. The number of ether oxygens (including phenoxy) is 2. The fourth-order valence-electron chi connectivity index (χ4n) is 5.30. The van der Waals surface area contributed by atoms with Gasteiger partial charge < -0.3 is 19.7 Å². The molecule has 1 aliphatic rings. The van der Waals surface area contributed by atoms with E-state index in [0.717, 1.165) is 47.5 Å². The second-order valence-corrected chi connectivity index (χ2v) is 12.3. The number of aryl methyl sites for hydroxylation is 1. The maximum Gasteiger partial charge on any atom is 0.415 e. The minimum Gasteiger partial charge on any atom is -0.493 e. The highest BCUT2D eigenvalue weighted by Crippen LogP contribution is 2.30. The number of methoxy groups -OCH3 is 1. The van der Waals surface area contributed by atoms with E-state index >= 15 is 0 Å². The smallest absolute Gasteiger partial charge is 0.415 e. The first kappa shape index (κ1) is 30.7. The number of benzene rings is 3. The number of anilines is 2. The van der Waals surface area contributed by atoms with Gasteiger partial charge in [-0.05, 0) is 68.0 Å². The number of rotatable bonds is 7. The molecule has 3 amide bonds. The van der Waals surface area contributed by atoms with Crippen LogP contribution in [0, 0.1) is 12.8 Å². The van der Waals surface area contributed by atoms with E-state index in [9.17, 15) is 9.59 Å². The third-order valence-corrected chi connectivity index (χ3v) is 7.91. The van der Waals surface area contributed by atoms with Gasteiger partial charge in [0, 0.05) is 30.3 Å². The number of carbonyl (C=O) groups is 2. The first-order chi connectivity index (χ1) is 21.1. The molecule has 0 saturated carbocycles. The Morgan fingerprint density at radius 1 is 0.909 bits per heavy atom. The predicted octanol–water partition coefficient (Wildman–Crippen LogP) is 7.58. The van der Waals surface area contributed by atoms with Crippen LogP contribution in [0.4, 0.5) is 21.1 Å². The number of likely N-dealkylation sites (tertiary alicyclic amines) is 1. The molecule has 4 aromatic rings. The lowest BCUT2D eigenvalue weighted by atomic mass is 9.89. The van der Waals surface area contributed by atoms with Gasteiger partial charge in [0.2, 0.25) is 0 Å². The molecule has 0 aliphatic carbocycles. The van der Waals surface area contributed by atoms with E-state index in [1.54, 1.807) is 28.8 Å². The highest BCUT2D eigenvalue weighted by molar-refractivity contribution is 6.00. The summed E-state index contributed by atoms with van der Waals surface area (Å²) in [5.41, 5.74) is 4.54.